The summed E-state index contributed by atoms with van der Waals surface area (Å²) in [7, 11) is 3.74. The number of amides is 1. The van der Waals surface area contributed by atoms with Gasteiger partial charge in [-0.15, -0.1) is 0 Å². The lowest BCUT2D eigenvalue weighted by atomic mass is 9.95. The van der Waals surface area contributed by atoms with Crippen molar-refractivity contribution in [1.29, 1.82) is 0 Å². The van der Waals surface area contributed by atoms with Crippen molar-refractivity contribution in [2.45, 2.75) is 25.8 Å². The van der Waals surface area contributed by atoms with Crippen molar-refractivity contribution in [1.82, 2.24) is 19.9 Å². The van der Waals surface area contributed by atoms with Gasteiger partial charge in [-0.05, 0) is 38.4 Å². The number of piperidine rings is 1. The molecule has 1 amide bonds. The van der Waals surface area contributed by atoms with Crippen LogP contribution in [0.4, 0.5) is 17.6 Å². The van der Waals surface area contributed by atoms with Crippen LogP contribution in [-0.2, 0) is 4.79 Å². The fourth-order valence-electron chi connectivity index (χ4n) is 3.29. The zero-order valence-corrected chi connectivity index (χ0v) is 16.1. The Kier molecular flexibility index (Phi) is 5.85. The van der Waals surface area contributed by atoms with Crippen molar-refractivity contribution in [3.63, 3.8) is 0 Å². The highest BCUT2D eigenvalue weighted by atomic mass is 16.1. The summed E-state index contributed by atoms with van der Waals surface area (Å²) in [5, 5.41) is 3.01. The monoisotopic (exact) mass is 369 g/mol. The Morgan fingerprint density at radius 2 is 2.00 bits per heavy atom. The second kappa shape index (κ2) is 8.30. The second-order valence-electron chi connectivity index (χ2n) is 7.11. The minimum Gasteiger partial charge on any atom is -0.368 e. The van der Waals surface area contributed by atoms with Gasteiger partial charge in [0.1, 0.15) is 0 Å². The first-order valence-corrected chi connectivity index (χ1v) is 9.23. The van der Waals surface area contributed by atoms with Crippen molar-refractivity contribution in [2.24, 2.45) is 5.92 Å². The molecule has 3 N–H and O–H groups in total. The Balaban J connectivity index is 1.69. The summed E-state index contributed by atoms with van der Waals surface area (Å²) in [5.41, 5.74) is 6.68. The van der Waals surface area contributed by atoms with Crippen LogP contribution in [0.15, 0.2) is 30.3 Å². The van der Waals surface area contributed by atoms with Crippen molar-refractivity contribution in [2.75, 3.05) is 43.1 Å². The van der Waals surface area contributed by atoms with Gasteiger partial charge < -0.3 is 16.0 Å². The molecule has 0 unspecified atom stereocenters. The minimum absolute atomic E-state index is 0.0404. The van der Waals surface area contributed by atoms with Crippen LogP contribution < -0.4 is 16.0 Å². The number of anilines is 3. The van der Waals surface area contributed by atoms with Gasteiger partial charge in [0.05, 0.1) is 12.0 Å². The third-order valence-corrected chi connectivity index (χ3v) is 4.84. The first-order chi connectivity index (χ1) is 12.9. The van der Waals surface area contributed by atoms with Gasteiger partial charge in [0, 0.05) is 26.3 Å². The van der Waals surface area contributed by atoms with Crippen LogP contribution in [0.25, 0.3) is 0 Å². The molecular weight excluding hydrogens is 342 g/mol. The lowest BCUT2D eigenvalue weighted by Crippen LogP contribution is -2.42. The quantitative estimate of drug-likeness (QED) is 0.830. The number of hydrogen-bond acceptors (Lipinski definition) is 7. The number of nitrogens with one attached hydrogen (secondary N) is 1. The van der Waals surface area contributed by atoms with E-state index in [-0.39, 0.29) is 23.8 Å². The predicted octanol–water partition coefficient (Wildman–Crippen LogP) is 1.93. The third-order valence-electron chi connectivity index (χ3n) is 4.84. The fourth-order valence-corrected chi connectivity index (χ4v) is 3.29. The van der Waals surface area contributed by atoms with Gasteiger partial charge in [0.2, 0.25) is 17.8 Å². The van der Waals surface area contributed by atoms with E-state index in [4.69, 9.17) is 5.73 Å². The van der Waals surface area contributed by atoms with E-state index in [1.807, 2.05) is 51.4 Å². The molecule has 2 aromatic rings. The van der Waals surface area contributed by atoms with Gasteiger partial charge >= 0.3 is 0 Å². The smallest absolute Gasteiger partial charge is 0.229 e. The number of likely N-dealkylation sites (tertiary alicyclic amines) is 1. The summed E-state index contributed by atoms with van der Waals surface area (Å²) in [6.07, 6.45) is 1.84. The molecule has 2 heterocycles. The number of rotatable bonds is 5. The van der Waals surface area contributed by atoms with Crippen LogP contribution in [0.3, 0.4) is 0 Å². The average Bonchev–Trinajstić information content (AvgIpc) is 2.67. The van der Waals surface area contributed by atoms with Crippen molar-refractivity contribution < 1.29 is 4.79 Å². The highest BCUT2D eigenvalue weighted by Crippen LogP contribution is 2.26. The molecule has 8 heteroatoms. The van der Waals surface area contributed by atoms with Gasteiger partial charge in [-0.3, -0.25) is 9.69 Å². The van der Waals surface area contributed by atoms with E-state index in [1.165, 1.54) is 0 Å². The predicted molar refractivity (Wildman–Crippen MR) is 106 cm³/mol. The summed E-state index contributed by atoms with van der Waals surface area (Å²) < 4.78 is 0. The Hall–Kier alpha value is -2.74. The molecule has 1 aliphatic heterocycles. The van der Waals surface area contributed by atoms with Crippen LogP contribution >= 0.6 is 0 Å². The molecule has 1 fully saturated rings. The maximum Gasteiger partial charge on any atom is 0.229 e. The minimum atomic E-state index is -0.0612. The zero-order valence-electron chi connectivity index (χ0n) is 16.1. The molecule has 1 aliphatic rings. The number of aromatic nitrogens is 3. The van der Waals surface area contributed by atoms with Crippen LogP contribution in [0.1, 0.15) is 31.6 Å². The van der Waals surface area contributed by atoms with Gasteiger partial charge in [-0.25, -0.2) is 0 Å². The molecule has 0 spiro atoms. The lowest BCUT2D eigenvalue weighted by Gasteiger charge is -2.35. The van der Waals surface area contributed by atoms with Gasteiger partial charge in [-0.1, -0.05) is 18.2 Å². The summed E-state index contributed by atoms with van der Waals surface area (Å²) in [5.74, 6) is 1.39. The van der Waals surface area contributed by atoms with Gasteiger partial charge in [0.25, 0.3) is 0 Å². The van der Waals surface area contributed by atoms with Crippen LogP contribution in [0, 0.1) is 5.92 Å². The fraction of sp³-hybridized carbons (Fsp3) is 0.474. The zero-order chi connectivity index (χ0) is 19.4. The topological polar surface area (TPSA) is 100 Å². The molecular formula is C19H27N7O. The van der Waals surface area contributed by atoms with Gasteiger partial charge in [-0.2, -0.15) is 15.0 Å². The van der Waals surface area contributed by atoms with Gasteiger partial charge in [0.15, 0.2) is 5.82 Å². The van der Waals surface area contributed by atoms with E-state index >= 15 is 0 Å². The Morgan fingerprint density at radius 1 is 1.26 bits per heavy atom. The molecule has 1 aromatic carbocycles. The molecule has 0 saturated carbocycles. The standard InChI is InChI=1S/C19H27N7O/c1-13(16-22-18(20)24-19(23-16)25(2)3)26-11-7-8-14(12-26)17(27)21-15-9-5-4-6-10-15/h4-6,9-10,13-14H,7-8,11-12H2,1-3H3,(H,21,27)(H2,20,22,23,24)/t13-,14+/m0/s1. The number of nitrogens with two attached hydrogens (primary N) is 1. The molecule has 3 rings (SSSR count). The van der Waals surface area contributed by atoms with E-state index in [9.17, 15) is 4.79 Å². The third kappa shape index (κ3) is 4.71. The number of carbonyl (C=O) groups excluding carboxylic acids is 1. The highest BCUT2D eigenvalue weighted by Gasteiger charge is 2.30. The average molecular weight is 369 g/mol. The Bertz CT molecular complexity index is 781. The van der Waals surface area contributed by atoms with Crippen LogP contribution in [0.2, 0.25) is 0 Å². The van der Waals surface area contributed by atoms with Crippen LogP contribution in [-0.4, -0.2) is 52.9 Å². The van der Waals surface area contributed by atoms with E-state index in [0.717, 1.165) is 25.1 Å². The first-order valence-electron chi connectivity index (χ1n) is 9.23. The largest absolute Gasteiger partial charge is 0.368 e. The van der Waals surface area contributed by atoms with Crippen molar-refractivity contribution in [3.8, 4) is 0 Å². The molecule has 0 aliphatic carbocycles. The molecule has 8 nitrogen and oxygen atoms in total. The molecule has 0 radical (unpaired) electrons. The van der Waals surface area contributed by atoms with Crippen molar-refractivity contribution in [3.05, 3.63) is 36.2 Å². The number of hydrogen-bond donors (Lipinski definition) is 2. The number of nitrogens with zero attached hydrogens (tertiary/aromatic N) is 5. The SMILES string of the molecule is C[C@@H](c1nc(N)nc(N(C)C)n1)N1CCC[C@@H](C(=O)Nc2ccccc2)C1. The number of para-hydroxylation sites is 1. The summed E-state index contributed by atoms with van der Waals surface area (Å²) in [6, 6.07) is 9.52. The second-order valence-corrected chi connectivity index (χ2v) is 7.11. The molecule has 144 valence electrons. The maximum atomic E-state index is 12.7. The summed E-state index contributed by atoms with van der Waals surface area (Å²) in [4.78, 5) is 29.7. The summed E-state index contributed by atoms with van der Waals surface area (Å²) >= 11 is 0. The Labute approximate surface area is 159 Å². The normalized spacial score (nSPS) is 18.7. The number of benzene rings is 1. The Morgan fingerprint density at radius 3 is 2.70 bits per heavy atom. The lowest BCUT2D eigenvalue weighted by molar-refractivity contribution is -0.121. The molecule has 1 saturated heterocycles. The van der Waals surface area contributed by atoms with Crippen LogP contribution in [0.5, 0.6) is 0 Å². The number of nitrogen functional groups attached to an aromatic ring is 1. The maximum absolute atomic E-state index is 12.7. The molecule has 27 heavy (non-hydrogen) atoms. The van der Waals surface area contributed by atoms with E-state index < -0.39 is 0 Å². The molecule has 0 bridgehead atoms. The highest BCUT2D eigenvalue weighted by molar-refractivity contribution is 5.92. The molecule has 2 atom stereocenters. The summed E-state index contributed by atoms with van der Waals surface area (Å²) in [6.45, 7) is 3.62. The van der Waals surface area contributed by atoms with E-state index in [0.29, 0.717) is 18.3 Å². The van der Waals surface area contributed by atoms with Crippen molar-refractivity contribution >= 4 is 23.5 Å². The number of carbonyl (C=O) groups is 1. The van der Waals surface area contributed by atoms with E-state index in [1.54, 1.807) is 4.90 Å². The first kappa shape index (κ1) is 19.0. The molecule has 1 aromatic heterocycles. The van der Waals surface area contributed by atoms with E-state index in [2.05, 4.69) is 25.2 Å².